The van der Waals surface area contributed by atoms with Crippen molar-refractivity contribution in [2.45, 2.75) is 0 Å². The van der Waals surface area contributed by atoms with Crippen LogP contribution in [-0.4, -0.2) is 19.9 Å². The molecule has 18 heavy (non-hydrogen) atoms. The molecule has 0 spiro atoms. The van der Waals surface area contributed by atoms with Gasteiger partial charge in [-0.2, -0.15) is 0 Å². The Kier molecular flexibility index (Phi) is 2.75. The zero-order valence-corrected chi connectivity index (χ0v) is 9.67. The zero-order chi connectivity index (χ0) is 12.2. The maximum Gasteiger partial charge on any atom is 0.0960 e. The first-order valence-corrected chi connectivity index (χ1v) is 5.69. The van der Waals surface area contributed by atoms with Crippen molar-refractivity contribution in [2.24, 2.45) is 0 Å². The average molecular weight is 236 g/mol. The second kappa shape index (κ2) is 4.71. The molecule has 0 amide bonds. The molecule has 88 valence electrons. The van der Waals surface area contributed by atoms with E-state index in [-0.39, 0.29) is 0 Å². The Morgan fingerprint density at radius 2 is 1.89 bits per heavy atom. The second-order valence-electron chi connectivity index (χ2n) is 3.85. The molecule has 4 aromatic rings. The van der Waals surface area contributed by atoms with Gasteiger partial charge in [-0.1, -0.05) is 30.3 Å². The molecule has 0 unspecified atom stereocenters. The molecular formula is C14H12N4. The minimum Gasteiger partial charge on any atom is -0.351 e. The Morgan fingerprint density at radius 1 is 0.944 bits per heavy atom. The molecule has 0 saturated heterocycles. The van der Waals surface area contributed by atoms with Gasteiger partial charge >= 0.3 is 0 Å². The summed E-state index contributed by atoms with van der Waals surface area (Å²) in [5.41, 5.74) is 2.15. The van der Waals surface area contributed by atoms with Crippen molar-refractivity contribution in [1.29, 1.82) is 0 Å². The molecule has 2 N–H and O–H groups in total. The molecule has 0 radical (unpaired) electrons. The average Bonchev–Trinajstić information content (AvgIpc) is 3.12. The summed E-state index contributed by atoms with van der Waals surface area (Å²) in [6.07, 6.45) is 6.82. The molecule has 2 aromatic carbocycles. The summed E-state index contributed by atoms with van der Waals surface area (Å²) in [5, 5.41) is 2.45. The molecule has 0 atom stereocenters. The van der Waals surface area contributed by atoms with Crippen LogP contribution < -0.4 is 0 Å². The van der Waals surface area contributed by atoms with Crippen LogP contribution in [-0.2, 0) is 0 Å². The van der Waals surface area contributed by atoms with Crippen LogP contribution in [0.1, 0.15) is 0 Å². The minimum absolute atomic E-state index is 1.05. The van der Waals surface area contributed by atoms with Crippen molar-refractivity contribution in [2.75, 3.05) is 0 Å². The molecule has 2 heterocycles. The van der Waals surface area contributed by atoms with Crippen LogP contribution in [0.2, 0.25) is 0 Å². The van der Waals surface area contributed by atoms with E-state index in [2.05, 4.69) is 44.2 Å². The van der Waals surface area contributed by atoms with E-state index >= 15 is 0 Å². The Labute approximate surface area is 104 Å². The third-order valence-corrected chi connectivity index (χ3v) is 2.72. The van der Waals surface area contributed by atoms with E-state index in [1.165, 1.54) is 10.8 Å². The summed E-state index contributed by atoms with van der Waals surface area (Å²) in [6, 6.07) is 12.4. The van der Waals surface area contributed by atoms with E-state index < -0.39 is 0 Å². The monoisotopic (exact) mass is 236 g/mol. The van der Waals surface area contributed by atoms with Gasteiger partial charge in [0, 0.05) is 17.8 Å². The Morgan fingerprint density at radius 3 is 2.67 bits per heavy atom. The summed E-state index contributed by atoms with van der Waals surface area (Å²) in [7, 11) is 0. The molecule has 0 aliphatic heterocycles. The third-order valence-electron chi connectivity index (χ3n) is 2.72. The highest BCUT2D eigenvalue weighted by Crippen LogP contribution is 2.21. The summed E-state index contributed by atoms with van der Waals surface area (Å²) in [5.74, 6) is 0. The van der Waals surface area contributed by atoms with Gasteiger partial charge in [0.15, 0.2) is 0 Å². The number of nitrogens with zero attached hydrogens (tertiary/aromatic N) is 2. The predicted octanol–water partition coefficient (Wildman–Crippen LogP) is 3.13. The number of aromatic nitrogens is 4. The van der Waals surface area contributed by atoms with Crippen LogP contribution in [0, 0.1) is 0 Å². The van der Waals surface area contributed by atoms with Gasteiger partial charge in [0.25, 0.3) is 0 Å². The van der Waals surface area contributed by atoms with Gasteiger partial charge in [-0.3, -0.25) is 0 Å². The summed E-state index contributed by atoms with van der Waals surface area (Å²) in [6.45, 7) is 0. The topological polar surface area (TPSA) is 57.4 Å². The maximum absolute atomic E-state index is 4.29. The largest absolute Gasteiger partial charge is 0.351 e. The lowest BCUT2D eigenvalue weighted by Gasteiger charge is -1.96. The Hall–Kier alpha value is -2.62. The molecule has 0 aliphatic rings. The van der Waals surface area contributed by atoms with E-state index in [9.17, 15) is 0 Å². The summed E-state index contributed by atoms with van der Waals surface area (Å²) < 4.78 is 0. The van der Waals surface area contributed by atoms with Gasteiger partial charge in [-0.15, -0.1) is 0 Å². The highest BCUT2D eigenvalue weighted by Gasteiger charge is 2.00. The summed E-state index contributed by atoms with van der Waals surface area (Å²) in [4.78, 5) is 13.8. The van der Waals surface area contributed by atoms with Crippen molar-refractivity contribution < 1.29 is 0 Å². The van der Waals surface area contributed by atoms with Crippen LogP contribution in [0.3, 0.4) is 0 Å². The van der Waals surface area contributed by atoms with Crippen molar-refractivity contribution in [3.63, 3.8) is 0 Å². The lowest BCUT2D eigenvalue weighted by Crippen LogP contribution is -1.74. The molecular weight excluding hydrogens is 224 g/mol. The number of aromatic amines is 2. The Balaban J connectivity index is 0.000000169. The molecule has 4 nitrogen and oxygen atoms in total. The highest BCUT2D eigenvalue weighted by atomic mass is 14.9. The molecule has 0 saturated carbocycles. The fourth-order valence-corrected chi connectivity index (χ4v) is 1.89. The van der Waals surface area contributed by atoms with Gasteiger partial charge in [0.05, 0.1) is 23.7 Å². The van der Waals surface area contributed by atoms with Crippen LogP contribution >= 0.6 is 0 Å². The van der Waals surface area contributed by atoms with Gasteiger partial charge in [0.1, 0.15) is 0 Å². The maximum atomic E-state index is 4.29. The third kappa shape index (κ3) is 1.96. The van der Waals surface area contributed by atoms with Crippen molar-refractivity contribution in [3.8, 4) is 0 Å². The van der Waals surface area contributed by atoms with Crippen LogP contribution in [0.15, 0.2) is 61.4 Å². The van der Waals surface area contributed by atoms with E-state index in [4.69, 9.17) is 0 Å². The number of hydrogen-bond donors (Lipinski definition) is 2. The molecule has 0 aliphatic carbocycles. The predicted molar refractivity (Wildman–Crippen MR) is 72.2 cm³/mol. The SMILES string of the molecule is c1c[nH]cn1.c1ccc2c(c1)ccc1[nH]cnc12. The van der Waals surface area contributed by atoms with E-state index in [0.29, 0.717) is 0 Å². The molecule has 0 fully saturated rings. The quantitative estimate of drug-likeness (QED) is 0.493. The lowest BCUT2D eigenvalue weighted by molar-refractivity contribution is 1.31. The molecule has 2 aromatic heterocycles. The normalized spacial score (nSPS) is 10.2. The molecule has 4 heteroatoms. The first kappa shape index (κ1) is 10.5. The first-order chi connectivity index (χ1) is 8.95. The number of nitrogens with one attached hydrogen (secondary N) is 2. The Bertz CT molecular complexity index is 723. The number of imidazole rings is 2. The fourth-order valence-electron chi connectivity index (χ4n) is 1.89. The molecule has 4 rings (SSSR count). The standard InChI is InChI=1S/C11H8N2.C3H4N2/c1-2-4-9-8(3-1)5-6-10-11(9)13-7-12-10;1-2-5-3-4-1/h1-7H,(H,12,13);1-3H,(H,4,5). The number of H-pyrrole nitrogens is 2. The summed E-state index contributed by atoms with van der Waals surface area (Å²) >= 11 is 0. The van der Waals surface area contributed by atoms with Gasteiger partial charge in [0.2, 0.25) is 0 Å². The van der Waals surface area contributed by atoms with Crippen molar-refractivity contribution in [3.05, 3.63) is 61.4 Å². The van der Waals surface area contributed by atoms with Crippen LogP contribution in [0.25, 0.3) is 21.8 Å². The van der Waals surface area contributed by atoms with Gasteiger partial charge in [-0.05, 0) is 11.5 Å². The first-order valence-electron chi connectivity index (χ1n) is 5.69. The van der Waals surface area contributed by atoms with E-state index in [1.807, 2.05) is 12.1 Å². The number of benzene rings is 2. The van der Waals surface area contributed by atoms with Gasteiger partial charge < -0.3 is 9.97 Å². The van der Waals surface area contributed by atoms with Crippen molar-refractivity contribution in [1.82, 2.24) is 19.9 Å². The minimum atomic E-state index is 1.05. The number of fused-ring (bicyclic) bond motifs is 3. The smallest absolute Gasteiger partial charge is 0.0960 e. The number of hydrogen-bond acceptors (Lipinski definition) is 2. The second-order valence-corrected chi connectivity index (χ2v) is 3.85. The van der Waals surface area contributed by atoms with Crippen LogP contribution in [0.4, 0.5) is 0 Å². The van der Waals surface area contributed by atoms with Gasteiger partial charge in [-0.25, -0.2) is 9.97 Å². The van der Waals surface area contributed by atoms with E-state index in [0.717, 1.165) is 11.0 Å². The molecule has 0 bridgehead atoms. The number of rotatable bonds is 0. The van der Waals surface area contributed by atoms with Crippen molar-refractivity contribution >= 4 is 21.8 Å². The zero-order valence-electron chi connectivity index (χ0n) is 9.67. The highest BCUT2D eigenvalue weighted by molar-refractivity contribution is 6.03. The van der Waals surface area contributed by atoms with E-state index in [1.54, 1.807) is 25.0 Å². The lowest BCUT2D eigenvalue weighted by atomic mass is 10.1. The van der Waals surface area contributed by atoms with Crippen LogP contribution in [0.5, 0.6) is 0 Å². The fraction of sp³-hybridized carbons (Fsp3) is 0.